The van der Waals surface area contributed by atoms with Gasteiger partial charge in [-0.15, -0.1) is 0 Å². The Morgan fingerprint density at radius 1 is 1.33 bits per heavy atom. The maximum absolute atomic E-state index is 13.7. The molecule has 1 unspecified atom stereocenters. The molecule has 2 aliphatic heterocycles. The summed E-state index contributed by atoms with van der Waals surface area (Å²) in [5.41, 5.74) is 2.93. The van der Waals surface area contributed by atoms with Crippen LogP contribution >= 0.6 is 11.8 Å². The molecular formula is C26H32FN5S. The molecule has 0 saturated carbocycles. The topological polar surface area (TPSA) is 54.7 Å². The lowest BCUT2D eigenvalue weighted by atomic mass is 10.1. The average molecular weight is 466 g/mol. The Hall–Kier alpha value is -3.24. The highest BCUT2D eigenvalue weighted by Crippen LogP contribution is 2.28. The van der Waals surface area contributed by atoms with Crippen LogP contribution in [0.5, 0.6) is 0 Å². The van der Waals surface area contributed by atoms with E-state index in [2.05, 4.69) is 41.0 Å². The number of nitrogens with one attached hydrogen (secondary N) is 1. The molecule has 0 spiro atoms. The Balaban J connectivity index is 1.94. The molecule has 2 heterocycles. The number of halogens is 1. The highest BCUT2D eigenvalue weighted by molar-refractivity contribution is 8.06. The number of nitrogens with zero attached hydrogens (tertiary/aromatic N) is 4. The zero-order chi connectivity index (χ0) is 24.4. The molecule has 33 heavy (non-hydrogen) atoms. The van der Waals surface area contributed by atoms with Gasteiger partial charge in [0.15, 0.2) is 0 Å². The SMILES string of the molecule is C=C(\C=C/N=C(C)\C(=C\C)N1C=C(F)C=CC1=C)NC1CCCN(C(=C)S/C(C#N)=C\C)C1. The molecule has 2 aliphatic rings. The largest absolute Gasteiger partial charge is 0.381 e. The van der Waals surface area contributed by atoms with Gasteiger partial charge >= 0.3 is 0 Å². The second-order valence-corrected chi connectivity index (χ2v) is 8.74. The fourth-order valence-corrected chi connectivity index (χ4v) is 4.24. The number of piperidine rings is 1. The van der Waals surface area contributed by atoms with E-state index < -0.39 is 0 Å². The van der Waals surface area contributed by atoms with Crippen LogP contribution < -0.4 is 5.32 Å². The van der Waals surface area contributed by atoms with Crippen LogP contribution in [-0.4, -0.2) is 34.6 Å². The standard InChI is InChI=1S/C26H32FN5S/c1-7-25(16-28)33-22(6)31-15-9-10-24(18-31)30-19(3)13-14-29-21(5)26(8-2)32-17-23(27)12-11-20(32)4/h7-8,11-14,17,24,30H,3-4,6,9-10,15,18H2,1-2,5H3/b14-13-,25-7-,26-8-,29-21-. The van der Waals surface area contributed by atoms with Gasteiger partial charge in [0.2, 0.25) is 0 Å². The molecule has 1 saturated heterocycles. The monoisotopic (exact) mass is 465 g/mol. The summed E-state index contributed by atoms with van der Waals surface area (Å²) in [6.45, 7) is 19.5. The number of aliphatic imine (C=N–C) groups is 1. The molecule has 2 rings (SSSR count). The predicted molar refractivity (Wildman–Crippen MR) is 138 cm³/mol. The summed E-state index contributed by atoms with van der Waals surface area (Å²) in [5.74, 6) is -0.333. The molecule has 0 aromatic heterocycles. The molecule has 1 fully saturated rings. The number of thioether (sulfide) groups is 1. The number of rotatable bonds is 9. The van der Waals surface area contributed by atoms with Crippen molar-refractivity contribution in [2.24, 2.45) is 4.99 Å². The van der Waals surface area contributed by atoms with E-state index in [-0.39, 0.29) is 11.9 Å². The first-order chi connectivity index (χ1) is 15.8. The summed E-state index contributed by atoms with van der Waals surface area (Å²) < 4.78 is 13.7. The quantitative estimate of drug-likeness (QED) is 0.247. The molecule has 0 amide bonds. The molecule has 174 valence electrons. The van der Waals surface area contributed by atoms with Crippen LogP contribution in [0.25, 0.3) is 0 Å². The van der Waals surface area contributed by atoms with Crippen molar-refractivity contribution in [2.45, 2.75) is 39.7 Å². The van der Waals surface area contributed by atoms with Gasteiger partial charge in [0.25, 0.3) is 0 Å². The Morgan fingerprint density at radius 2 is 2.09 bits per heavy atom. The number of hydrogen-bond acceptors (Lipinski definition) is 6. The Morgan fingerprint density at radius 3 is 2.76 bits per heavy atom. The van der Waals surface area contributed by atoms with Crippen molar-refractivity contribution in [2.75, 3.05) is 13.1 Å². The second-order valence-electron chi connectivity index (χ2n) is 7.63. The molecule has 0 aromatic rings. The van der Waals surface area contributed by atoms with Crippen LogP contribution in [0.1, 0.15) is 33.6 Å². The maximum atomic E-state index is 13.7. The fourth-order valence-electron chi connectivity index (χ4n) is 3.53. The number of hydrogen-bond donors (Lipinski definition) is 1. The van der Waals surface area contributed by atoms with Crippen molar-refractivity contribution in [3.63, 3.8) is 0 Å². The van der Waals surface area contributed by atoms with E-state index in [4.69, 9.17) is 5.26 Å². The lowest BCUT2D eigenvalue weighted by molar-refractivity contribution is 0.257. The third-order valence-corrected chi connectivity index (χ3v) is 6.25. The van der Waals surface area contributed by atoms with Gasteiger partial charge in [0.05, 0.1) is 21.3 Å². The smallest absolute Gasteiger partial charge is 0.139 e. The lowest BCUT2D eigenvalue weighted by Crippen LogP contribution is -2.44. The Kier molecular flexibility index (Phi) is 10.0. The van der Waals surface area contributed by atoms with Gasteiger partial charge in [-0.3, -0.25) is 4.99 Å². The first-order valence-electron chi connectivity index (χ1n) is 10.8. The van der Waals surface area contributed by atoms with E-state index in [9.17, 15) is 4.39 Å². The zero-order valence-electron chi connectivity index (χ0n) is 19.6. The molecule has 1 N–H and O–H groups in total. The van der Waals surface area contributed by atoms with Crippen LogP contribution in [0, 0.1) is 11.3 Å². The van der Waals surface area contributed by atoms with Gasteiger partial charge in [-0.2, -0.15) is 5.26 Å². The molecule has 7 heteroatoms. The van der Waals surface area contributed by atoms with E-state index in [1.54, 1.807) is 23.3 Å². The van der Waals surface area contributed by atoms with E-state index in [1.165, 1.54) is 24.0 Å². The van der Waals surface area contributed by atoms with Crippen LogP contribution in [0.4, 0.5) is 4.39 Å². The molecule has 0 bridgehead atoms. The van der Waals surface area contributed by atoms with Gasteiger partial charge in [-0.25, -0.2) is 4.39 Å². The van der Waals surface area contributed by atoms with Crippen molar-refractivity contribution in [1.82, 2.24) is 15.1 Å². The minimum atomic E-state index is -0.333. The van der Waals surface area contributed by atoms with Crippen molar-refractivity contribution >= 4 is 17.5 Å². The minimum Gasteiger partial charge on any atom is -0.381 e. The van der Waals surface area contributed by atoms with E-state index in [0.29, 0.717) is 10.6 Å². The van der Waals surface area contributed by atoms with Gasteiger partial charge in [0, 0.05) is 42.9 Å². The van der Waals surface area contributed by atoms with Crippen LogP contribution in [0.3, 0.4) is 0 Å². The van der Waals surface area contributed by atoms with Gasteiger partial charge in [0.1, 0.15) is 11.9 Å². The summed E-state index contributed by atoms with van der Waals surface area (Å²) in [6.07, 6.45) is 13.7. The summed E-state index contributed by atoms with van der Waals surface area (Å²) in [6, 6.07) is 2.42. The Bertz CT molecular complexity index is 1010. The normalized spacial score (nSPS) is 20.1. The van der Waals surface area contributed by atoms with Crippen LogP contribution in [0.15, 0.2) is 100 Å². The predicted octanol–water partition coefficient (Wildman–Crippen LogP) is 6.26. The molecule has 5 nitrogen and oxygen atoms in total. The van der Waals surface area contributed by atoms with Crippen LogP contribution in [0.2, 0.25) is 0 Å². The van der Waals surface area contributed by atoms with Crippen molar-refractivity contribution in [3.05, 3.63) is 95.4 Å². The van der Waals surface area contributed by atoms with Crippen molar-refractivity contribution < 1.29 is 4.39 Å². The molecule has 1 atom stereocenters. The third kappa shape index (κ3) is 7.69. The summed E-state index contributed by atoms with van der Waals surface area (Å²) in [7, 11) is 0. The van der Waals surface area contributed by atoms with Gasteiger partial charge < -0.3 is 15.1 Å². The average Bonchev–Trinajstić information content (AvgIpc) is 2.80. The fraction of sp³-hybridized carbons (Fsp3) is 0.308. The van der Waals surface area contributed by atoms with E-state index in [0.717, 1.165) is 48.1 Å². The summed E-state index contributed by atoms with van der Waals surface area (Å²) in [4.78, 5) is 9.04. The first-order valence-corrected chi connectivity index (χ1v) is 11.6. The summed E-state index contributed by atoms with van der Waals surface area (Å²) >= 11 is 1.41. The first kappa shape index (κ1) is 26.0. The molecule has 0 radical (unpaired) electrons. The van der Waals surface area contributed by atoms with Crippen LogP contribution in [-0.2, 0) is 0 Å². The molecule has 0 aromatic carbocycles. The van der Waals surface area contributed by atoms with E-state index in [1.807, 2.05) is 32.9 Å². The zero-order valence-corrected chi connectivity index (χ0v) is 20.5. The van der Waals surface area contributed by atoms with Gasteiger partial charge in [-0.05, 0) is 51.8 Å². The van der Waals surface area contributed by atoms with Gasteiger partial charge in [-0.1, -0.05) is 43.7 Å². The minimum absolute atomic E-state index is 0.233. The number of likely N-dealkylation sites (tertiary alicyclic amines) is 1. The highest BCUT2D eigenvalue weighted by Gasteiger charge is 2.21. The van der Waals surface area contributed by atoms with Crippen molar-refractivity contribution in [3.8, 4) is 6.07 Å². The van der Waals surface area contributed by atoms with Crippen molar-refractivity contribution in [1.29, 1.82) is 5.26 Å². The lowest BCUT2D eigenvalue weighted by Gasteiger charge is -2.35. The molecular weight excluding hydrogens is 433 g/mol. The third-order valence-electron chi connectivity index (χ3n) is 5.21. The summed E-state index contributed by atoms with van der Waals surface area (Å²) in [5, 5.41) is 13.5. The number of allylic oxidation sites excluding steroid dienone is 8. The molecule has 0 aliphatic carbocycles. The maximum Gasteiger partial charge on any atom is 0.139 e. The number of nitriles is 1. The highest BCUT2D eigenvalue weighted by atomic mass is 32.2. The Labute approximate surface area is 201 Å². The second kappa shape index (κ2) is 12.7. The van der Waals surface area contributed by atoms with E-state index >= 15 is 0 Å².